The van der Waals surface area contributed by atoms with E-state index < -0.39 is 0 Å². The van der Waals surface area contributed by atoms with Gasteiger partial charge in [-0.05, 0) is 22.9 Å². The quantitative estimate of drug-likeness (QED) is 0.429. The summed E-state index contributed by atoms with van der Waals surface area (Å²) in [5, 5.41) is 32.9. The van der Waals surface area contributed by atoms with Crippen molar-refractivity contribution in [1.29, 1.82) is 0 Å². The molecule has 0 saturated carbocycles. The van der Waals surface area contributed by atoms with Crippen molar-refractivity contribution in [3.8, 4) is 17.2 Å². The van der Waals surface area contributed by atoms with E-state index in [9.17, 15) is 15.3 Å². The fraction of sp³-hybridized carbons (Fsp3) is 0. The monoisotopic (exact) mass is 258 g/mol. The van der Waals surface area contributed by atoms with Gasteiger partial charge >= 0.3 is 0 Å². The van der Waals surface area contributed by atoms with Crippen molar-refractivity contribution in [3.63, 3.8) is 0 Å². The predicted molar refractivity (Wildman–Crippen MR) is 75.8 cm³/mol. The SMILES string of the molecule is Oc1cccc2cc3ccc(P)c(O)c3c(O)c12. The van der Waals surface area contributed by atoms with Gasteiger partial charge in [-0.2, -0.15) is 0 Å². The minimum atomic E-state index is -0.0950. The summed E-state index contributed by atoms with van der Waals surface area (Å²) in [5.74, 6) is -0.0805. The summed E-state index contributed by atoms with van der Waals surface area (Å²) in [6.45, 7) is 0. The van der Waals surface area contributed by atoms with Crippen LogP contribution in [0.4, 0.5) is 0 Å². The molecule has 0 heterocycles. The number of benzene rings is 3. The summed E-state index contributed by atoms with van der Waals surface area (Å²) in [4.78, 5) is 0. The van der Waals surface area contributed by atoms with E-state index in [-0.39, 0.29) is 17.2 Å². The Hall–Kier alpha value is -1.99. The highest BCUT2D eigenvalue weighted by Crippen LogP contribution is 2.41. The van der Waals surface area contributed by atoms with Gasteiger partial charge in [-0.15, -0.1) is 9.24 Å². The van der Waals surface area contributed by atoms with Gasteiger partial charge in [-0.25, -0.2) is 0 Å². The Kier molecular flexibility index (Phi) is 2.32. The molecule has 0 aliphatic rings. The molecule has 3 N–H and O–H groups in total. The van der Waals surface area contributed by atoms with Crippen molar-refractivity contribution in [2.45, 2.75) is 0 Å². The first-order chi connectivity index (χ1) is 8.59. The third kappa shape index (κ3) is 1.41. The maximum atomic E-state index is 10.3. The van der Waals surface area contributed by atoms with Gasteiger partial charge in [-0.1, -0.05) is 24.3 Å². The van der Waals surface area contributed by atoms with E-state index in [0.717, 1.165) is 10.8 Å². The average molecular weight is 258 g/mol. The summed E-state index contributed by atoms with van der Waals surface area (Å²) >= 11 is 0. The van der Waals surface area contributed by atoms with Gasteiger partial charge in [0.15, 0.2) is 0 Å². The van der Waals surface area contributed by atoms with Gasteiger partial charge in [0.05, 0.1) is 10.8 Å². The predicted octanol–water partition coefficient (Wildman–Crippen LogP) is 2.61. The lowest BCUT2D eigenvalue weighted by Gasteiger charge is -2.10. The van der Waals surface area contributed by atoms with Crippen LogP contribution in [0.15, 0.2) is 36.4 Å². The number of rotatable bonds is 0. The fourth-order valence-corrected chi connectivity index (χ4v) is 2.46. The molecule has 18 heavy (non-hydrogen) atoms. The highest BCUT2D eigenvalue weighted by molar-refractivity contribution is 7.27. The van der Waals surface area contributed by atoms with Gasteiger partial charge in [0.1, 0.15) is 17.2 Å². The summed E-state index contributed by atoms with van der Waals surface area (Å²) < 4.78 is 0. The van der Waals surface area contributed by atoms with Crippen LogP contribution in [0.3, 0.4) is 0 Å². The van der Waals surface area contributed by atoms with E-state index in [4.69, 9.17) is 0 Å². The molecule has 0 amide bonds. The molecule has 90 valence electrons. The summed E-state index contributed by atoms with van der Waals surface area (Å²) in [7, 11) is 2.41. The maximum absolute atomic E-state index is 10.3. The molecule has 0 radical (unpaired) electrons. The van der Waals surface area contributed by atoms with Crippen LogP contribution >= 0.6 is 9.24 Å². The third-order valence-corrected chi connectivity index (χ3v) is 3.57. The van der Waals surface area contributed by atoms with Crippen LogP contribution in [0.2, 0.25) is 0 Å². The fourth-order valence-electron chi connectivity index (χ4n) is 2.22. The molecule has 0 saturated heterocycles. The van der Waals surface area contributed by atoms with E-state index in [2.05, 4.69) is 9.24 Å². The second-order valence-electron chi connectivity index (χ2n) is 4.20. The summed E-state index contributed by atoms with van der Waals surface area (Å²) in [6.07, 6.45) is 0. The van der Waals surface area contributed by atoms with Crippen LogP contribution < -0.4 is 5.30 Å². The van der Waals surface area contributed by atoms with Gasteiger partial charge in [0.2, 0.25) is 0 Å². The highest BCUT2D eigenvalue weighted by Gasteiger charge is 2.14. The molecule has 3 nitrogen and oxygen atoms in total. The molecular weight excluding hydrogens is 247 g/mol. The zero-order chi connectivity index (χ0) is 12.9. The van der Waals surface area contributed by atoms with Gasteiger partial charge < -0.3 is 15.3 Å². The van der Waals surface area contributed by atoms with Crippen molar-refractivity contribution in [3.05, 3.63) is 36.4 Å². The minimum absolute atomic E-state index is 0.000425. The molecule has 0 aliphatic carbocycles. The first-order valence-corrected chi connectivity index (χ1v) is 6.02. The van der Waals surface area contributed by atoms with Crippen LogP contribution in [-0.4, -0.2) is 15.3 Å². The third-order valence-electron chi connectivity index (χ3n) is 3.10. The van der Waals surface area contributed by atoms with Crippen molar-refractivity contribution in [1.82, 2.24) is 0 Å². The van der Waals surface area contributed by atoms with Crippen LogP contribution in [0.25, 0.3) is 21.5 Å². The Bertz CT molecular complexity index is 781. The molecule has 4 heteroatoms. The molecule has 3 aromatic carbocycles. The van der Waals surface area contributed by atoms with E-state index in [0.29, 0.717) is 16.1 Å². The zero-order valence-corrected chi connectivity index (χ0v) is 10.5. The molecule has 0 aliphatic heterocycles. The molecule has 3 aromatic rings. The lowest BCUT2D eigenvalue weighted by molar-refractivity contribution is 0.461. The van der Waals surface area contributed by atoms with E-state index in [1.165, 1.54) is 6.07 Å². The topological polar surface area (TPSA) is 60.7 Å². The molecule has 0 spiro atoms. The number of hydrogen-bond acceptors (Lipinski definition) is 3. The molecule has 0 fully saturated rings. The van der Waals surface area contributed by atoms with Gasteiger partial charge in [-0.3, -0.25) is 0 Å². The van der Waals surface area contributed by atoms with E-state index in [1.807, 2.05) is 12.1 Å². The van der Waals surface area contributed by atoms with Crippen LogP contribution in [0.5, 0.6) is 17.2 Å². The number of phenols is 3. The van der Waals surface area contributed by atoms with Crippen molar-refractivity contribution in [2.75, 3.05) is 0 Å². The second kappa shape index (κ2) is 3.76. The summed E-state index contributed by atoms with van der Waals surface area (Å²) in [6, 6.07) is 10.4. The summed E-state index contributed by atoms with van der Waals surface area (Å²) in [5.41, 5.74) is 0. The highest BCUT2D eigenvalue weighted by atomic mass is 31.0. The first kappa shape index (κ1) is 11.1. The number of hydrogen-bond donors (Lipinski definition) is 3. The van der Waals surface area contributed by atoms with Gasteiger partial charge in [0, 0.05) is 5.30 Å². The van der Waals surface area contributed by atoms with Crippen LogP contribution in [0.1, 0.15) is 0 Å². The second-order valence-corrected chi connectivity index (χ2v) is 4.82. The molecule has 3 rings (SSSR count). The average Bonchev–Trinajstić information content (AvgIpc) is 2.34. The molecule has 1 atom stereocenters. The largest absolute Gasteiger partial charge is 0.507 e. The Morgan fingerprint density at radius 2 is 1.50 bits per heavy atom. The van der Waals surface area contributed by atoms with E-state index in [1.54, 1.807) is 18.2 Å². The Morgan fingerprint density at radius 1 is 0.778 bits per heavy atom. The molecule has 0 bridgehead atoms. The molecule has 1 unspecified atom stereocenters. The van der Waals surface area contributed by atoms with Crippen molar-refractivity contribution >= 4 is 36.1 Å². The Balaban J connectivity index is 2.63. The van der Waals surface area contributed by atoms with Crippen LogP contribution in [-0.2, 0) is 0 Å². The van der Waals surface area contributed by atoms with Crippen LogP contribution in [0, 0.1) is 0 Å². The normalized spacial score (nSPS) is 11.2. The standard InChI is InChI=1S/C14H11O3P/c15-9-3-1-2-7-6-8-4-5-10(18)13(16)12(8)14(17)11(7)9/h1-6,15-17H,18H2. The molecular formula is C14H11O3P. The maximum Gasteiger partial charge on any atom is 0.138 e. The number of phenolic OH excluding ortho intramolecular Hbond substituents is 3. The number of aromatic hydroxyl groups is 3. The van der Waals surface area contributed by atoms with Gasteiger partial charge in [0.25, 0.3) is 0 Å². The van der Waals surface area contributed by atoms with E-state index >= 15 is 0 Å². The zero-order valence-electron chi connectivity index (χ0n) is 9.38. The van der Waals surface area contributed by atoms with Crippen molar-refractivity contribution in [2.24, 2.45) is 0 Å². The van der Waals surface area contributed by atoms with Crippen molar-refractivity contribution < 1.29 is 15.3 Å². The lowest BCUT2D eigenvalue weighted by Crippen LogP contribution is -1.92. The lowest BCUT2D eigenvalue weighted by atomic mass is 10.0. The number of fused-ring (bicyclic) bond motifs is 2. The molecule has 0 aromatic heterocycles. The smallest absolute Gasteiger partial charge is 0.138 e. The Morgan fingerprint density at radius 3 is 2.28 bits per heavy atom. The first-order valence-electron chi connectivity index (χ1n) is 5.44. The minimum Gasteiger partial charge on any atom is -0.507 e. The Labute approximate surface area is 106 Å².